The molecule has 2 atom stereocenters. The third-order valence-electron chi connectivity index (χ3n) is 5.98. The van der Waals surface area contributed by atoms with E-state index in [1.54, 1.807) is 12.1 Å². The molecule has 5 N–H and O–H groups in total. The number of fused-ring (bicyclic) bond motifs is 1. The minimum Gasteiger partial charge on any atom is -0.454 e. The van der Waals surface area contributed by atoms with E-state index in [-0.39, 0.29) is 41.6 Å². The van der Waals surface area contributed by atoms with Crippen molar-refractivity contribution in [2.45, 2.75) is 51.3 Å². The Hall–Kier alpha value is -3.38. The van der Waals surface area contributed by atoms with Gasteiger partial charge in [-0.05, 0) is 48.5 Å². The SMILES string of the molecule is CCC[C@@H](C(=O)NC[C@H]1CCCO1)N(Cc1ccc2c(c1)OCO2)C(=O)c1snc(C(N)=O)c1N. The maximum absolute atomic E-state index is 13.7. The number of carbonyl (C=O) groups is 3. The van der Waals surface area contributed by atoms with Gasteiger partial charge in [-0.3, -0.25) is 14.4 Å². The minimum absolute atomic E-state index is 0.0329. The number of nitrogens with zero attached hydrogens (tertiary/aromatic N) is 2. The van der Waals surface area contributed by atoms with Crippen LogP contribution in [0.1, 0.15) is 58.3 Å². The van der Waals surface area contributed by atoms with Gasteiger partial charge in [0.1, 0.15) is 10.9 Å². The molecule has 0 spiro atoms. The molecule has 0 bridgehead atoms. The number of rotatable bonds is 10. The van der Waals surface area contributed by atoms with Crippen LogP contribution in [0.3, 0.4) is 0 Å². The number of amides is 3. The fourth-order valence-corrected chi connectivity index (χ4v) is 4.92. The van der Waals surface area contributed by atoms with E-state index >= 15 is 0 Å². The van der Waals surface area contributed by atoms with Crippen molar-refractivity contribution in [1.29, 1.82) is 0 Å². The van der Waals surface area contributed by atoms with Gasteiger partial charge in [-0.25, -0.2) is 0 Å². The topological polar surface area (TPSA) is 159 Å². The number of hydrogen-bond donors (Lipinski definition) is 3. The fraction of sp³-hybridized carbons (Fsp3) is 0.478. The van der Waals surface area contributed by atoms with E-state index in [1.807, 2.05) is 13.0 Å². The molecule has 0 radical (unpaired) electrons. The number of anilines is 1. The van der Waals surface area contributed by atoms with Crippen molar-refractivity contribution in [2.24, 2.45) is 5.73 Å². The summed E-state index contributed by atoms with van der Waals surface area (Å²) in [6.07, 6.45) is 2.89. The molecule has 35 heavy (non-hydrogen) atoms. The van der Waals surface area contributed by atoms with Gasteiger partial charge in [-0.2, -0.15) is 4.37 Å². The molecule has 1 saturated heterocycles. The van der Waals surface area contributed by atoms with Crippen molar-refractivity contribution in [1.82, 2.24) is 14.6 Å². The molecule has 0 unspecified atom stereocenters. The summed E-state index contributed by atoms with van der Waals surface area (Å²) in [4.78, 5) is 40.2. The normalized spacial score (nSPS) is 17.2. The first-order chi connectivity index (χ1) is 16.9. The third kappa shape index (κ3) is 5.49. The molecule has 4 rings (SSSR count). The molecule has 3 heterocycles. The third-order valence-corrected chi connectivity index (χ3v) is 6.83. The van der Waals surface area contributed by atoms with E-state index in [4.69, 9.17) is 25.7 Å². The van der Waals surface area contributed by atoms with Crippen molar-refractivity contribution < 1.29 is 28.6 Å². The predicted octanol–water partition coefficient (Wildman–Crippen LogP) is 1.66. The summed E-state index contributed by atoms with van der Waals surface area (Å²) < 4.78 is 20.4. The Bertz CT molecular complexity index is 1100. The van der Waals surface area contributed by atoms with E-state index in [9.17, 15) is 14.4 Å². The Kier molecular flexibility index (Phi) is 7.71. The van der Waals surface area contributed by atoms with Crippen LogP contribution < -0.4 is 26.3 Å². The highest BCUT2D eigenvalue weighted by Crippen LogP contribution is 2.34. The Morgan fingerprint density at radius 2 is 2.09 bits per heavy atom. The second-order valence-corrected chi connectivity index (χ2v) is 9.22. The number of ether oxygens (including phenoxy) is 3. The molecule has 1 aromatic carbocycles. The molecular formula is C23H29N5O6S. The molecule has 2 aliphatic heterocycles. The standard InChI is InChI=1S/C23H29N5O6S/c1-2-4-15(22(30)26-10-14-5-3-8-32-14)28(11-13-6-7-16-17(9-13)34-12-33-16)23(31)20-18(24)19(21(25)29)27-35-20/h6-7,9,14-15H,2-5,8,10-12,24H2,1H3,(H2,25,29)(H,26,30)/t14-,15+/m1/s1. The molecule has 1 fully saturated rings. The van der Waals surface area contributed by atoms with Crippen molar-refractivity contribution in [3.63, 3.8) is 0 Å². The van der Waals surface area contributed by atoms with Gasteiger partial charge < -0.3 is 35.9 Å². The summed E-state index contributed by atoms with van der Waals surface area (Å²) in [5, 5.41) is 2.94. The van der Waals surface area contributed by atoms with Gasteiger partial charge in [0.15, 0.2) is 17.2 Å². The second kappa shape index (κ2) is 10.9. The zero-order valence-corrected chi connectivity index (χ0v) is 20.3. The lowest BCUT2D eigenvalue weighted by Gasteiger charge is -2.31. The van der Waals surface area contributed by atoms with Crippen LogP contribution >= 0.6 is 11.5 Å². The van der Waals surface area contributed by atoms with Crippen LogP contribution in [0.15, 0.2) is 18.2 Å². The number of nitrogen functional groups attached to an aromatic ring is 1. The first-order valence-corrected chi connectivity index (χ1v) is 12.3. The summed E-state index contributed by atoms with van der Waals surface area (Å²) in [5.41, 5.74) is 11.9. The van der Waals surface area contributed by atoms with E-state index < -0.39 is 17.9 Å². The van der Waals surface area contributed by atoms with Crippen LogP contribution in [0, 0.1) is 0 Å². The Labute approximate surface area is 206 Å². The van der Waals surface area contributed by atoms with Crippen molar-refractivity contribution >= 4 is 34.9 Å². The molecule has 2 aliphatic rings. The van der Waals surface area contributed by atoms with E-state index in [0.29, 0.717) is 37.5 Å². The highest BCUT2D eigenvalue weighted by Gasteiger charge is 2.34. The number of primary amides is 1. The summed E-state index contributed by atoms with van der Waals surface area (Å²) in [5.74, 6) is -0.424. The number of benzene rings is 1. The molecule has 188 valence electrons. The number of nitrogens with two attached hydrogens (primary N) is 2. The van der Waals surface area contributed by atoms with Crippen LogP contribution in [0.25, 0.3) is 0 Å². The van der Waals surface area contributed by atoms with Crippen LogP contribution in [-0.2, 0) is 16.1 Å². The van der Waals surface area contributed by atoms with Crippen molar-refractivity contribution in [3.8, 4) is 11.5 Å². The fourth-order valence-electron chi connectivity index (χ4n) is 4.16. The molecule has 3 amide bonds. The summed E-state index contributed by atoms with van der Waals surface area (Å²) in [6.45, 7) is 3.23. The van der Waals surface area contributed by atoms with Gasteiger partial charge in [-0.15, -0.1) is 0 Å². The summed E-state index contributed by atoms with van der Waals surface area (Å²) >= 11 is 0.789. The van der Waals surface area contributed by atoms with Gasteiger partial charge in [0.25, 0.3) is 11.8 Å². The highest BCUT2D eigenvalue weighted by molar-refractivity contribution is 7.09. The first-order valence-electron chi connectivity index (χ1n) is 11.5. The molecular weight excluding hydrogens is 474 g/mol. The maximum atomic E-state index is 13.7. The number of aromatic nitrogens is 1. The molecule has 0 aliphatic carbocycles. The lowest BCUT2D eigenvalue weighted by atomic mass is 10.1. The highest BCUT2D eigenvalue weighted by atomic mass is 32.1. The van der Waals surface area contributed by atoms with E-state index in [1.165, 1.54) is 4.90 Å². The number of nitrogens with one attached hydrogen (secondary N) is 1. The number of hydrogen-bond acceptors (Lipinski definition) is 9. The lowest BCUT2D eigenvalue weighted by molar-refractivity contribution is -0.126. The monoisotopic (exact) mass is 503 g/mol. The molecule has 0 saturated carbocycles. The zero-order valence-electron chi connectivity index (χ0n) is 19.5. The molecule has 2 aromatic rings. The van der Waals surface area contributed by atoms with Gasteiger partial charge >= 0.3 is 0 Å². The van der Waals surface area contributed by atoms with Crippen molar-refractivity contribution in [2.75, 3.05) is 25.7 Å². The largest absolute Gasteiger partial charge is 0.454 e. The lowest BCUT2D eigenvalue weighted by Crippen LogP contribution is -2.50. The smallest absolute Gasteiger partial charge is 0.270 e. The van der Waals surface area contributed by atoms with Gasteiger partial charge in [0.05, 0.1) is 11.8 Å². The second-order valence-electron chi connectivity index (χ2n) is 8.44. The average Bonchev–Trinajstić information content (AvgIpc) is 3.60. The summed E-state index contributed by atoms with van der Waals surface area (Å²) in [7, 11) is 0. The van der Waals surface area contributed by atoms with Gasteiger partial charge in [0, 0.05) is 19.7 Å². The number of carbonyl (C=O) groups excluding carboxylic acids is 3. The quantitative estimate of drug-likeness (QED) is 0.441. The molecule has 12 heteroatoms. The van der Waals surface area contributed by atoms with Crippen LogP contribution in [0.2, 0.25) is 0 Å². The zero-order chi connectivity index (χ0) is 24.9. The van der Waals surface area contributed by atoms with Gasteiger partial charge in [-0.1, -0.05) is 19.4 Å². The Balaban J connectivity index is 1.63. The first kappa shape index (κ1) is 24.7. The van der Waals surface area contributed by atoms with E-state index in [0.717, 1.165) is 29.9 Å². The average molecular weight is 504 g/mol. The van der Waals surface area contributed by atoms with Crippen molar-refractivity contribution in [3.05, 3.63) is 34.3 Å². The van der Waals surface area contributed by atoms with Crippen LogP contribution in [0.5, 0.6) is 11.5 Å². The Morgan fingerprint density at radius 1 is 1.29 bits per heavy atom. The predicted molar refractivity (Wildman–Crippen MR) is 128 cm³/mol. The minimum atomic E-state index is -0.820. The Morgan fingerprint density at radius 3 is 2.77 bits per heavy atom. The summed E-state index contributed by atoms with van der Waals surface area (Å²) in [6, 6.07) is 4.57. The van der Waals surface area contributed by atoms with Gasteiger partial charge in [0.2, 0.25) is 12.7 Å². The molecule has 1 aromatic heterocycles. The van der Waals surface area contributed by atoms with Crippen LogP contribution in [0.4, 0.5) is 5.69 Å². The molecule has 11 nitrogen and oxygen atoms in total. The van der Waals surface area contributed by atoms with E-state index in [2.05, 4.69) is 9.69 Å². The van der Waals surface area contributed by atoms with Crippen LogP contribution in [-0.4, -0.2) is 59.1 Å². The maximum Gasteiger partial charge on any atom is 0.270 e.